The summed E-state index contributed by atoms with van der Waals surface area (Å²) in [6, 6.07) is 15.9. The SMILES string of the molecule is CC/C(=C\C=C(Br)Br)c1cccc(CCc2ccc(C(C)(C)O[Si]C(C)(C)C)c(C(C)(C)O[Si]C(C)(C)C)c2)c1. The highest BCUT2D eigenvalue weighted by Crippen LogP contribution is 2.39. The topological polar surface area (TPSA) is 18.5 Å². The van der Waals surface area contributed by atoms with E-state index in [1.165, 1.54) is 33.4 Å². The van der Waals surface area contributed by atoms with Gasteiger partial charge < -0.3 is 8.85 Å². The van der Waals surface area contributed by atoms with Gasteiger partial charge >= 0.3 is 0 Å². The number of benzene rings is 2. The molecule has 0 N–H and O–H groups in total. The zero-order valence-electron chi connectivity index (χ0n) is 26.4. The molecule has 0 saturated carbocycles. The van der Waals surface area contributed by atoms with Crippen molar-refractivity contribution in [3.8, 4) is 0 Å². The summed E-state index contributed by atoms with van der Waals surface area (Å²) in [7, 11) is 0.816. The molecule has 0 amide bonds. The molecular weight excluding hydrogens is 656 g/mol. The minimum atomic E-state index is -0.430. The van der Waals surface area contributed by atoms with Crippen molar-refractivity contribution in [2.45, 2.75) is 117 Å². The van der Waals surface area contributed by atoms with E-state index < -0.39 is 11.2 Å². The van der Waals surface area contributed by atoms with Crippen molar-refractivity contribution in [1.29, 1.82) is 0 Å². The molecule has 2 aromatic carbocycles. The molecule has 0 bridgehead atoms. The number of hydrogen-bond donors (Lipinski definition) is 0. The summed E-state index contributed by atoms with van der Waals surface area (Å²) in [5.41, 5.74) is 6.87. The van der Waals surface area contributed by atoms with Gasteiger partial charge in [-0.3, -0.25) is 0 Å². The largest absolute Gasteiger partial charge is 0.408 e. The Labute approximate surface area is 266 Å². The van der Waals surface area contributed by atoms with Gasteiger partial charge in [-0.15, -0.1) is 0 Å². The molecule has 0 unspecified atom stereocenters. The van der Waals surface area contributed by atoms with E-state index in [1.54, 1.807) is 0 Å². The lowest BCUT2D eigenvalue weighted by Gasteiger charge is -2.37. The first-order chi connectivity index (χ1) is 18.3. The summed E-state index contributed by atoms with van der Waals surface area (Å²) < 4.78 is 14.1. The zero-order chi connectivity index (χ0) is 30.4. The number of halogens is 2. The Morgan fingerprint density at radius 2 is 1.23 bits per heavy atom. The highest BCUT2D eigenvalue weighted by molar-refractivity contribution is 9.28. The van der Waals surface area contributed by atoms with Crippen molar-refractivity contribution >= 4 is 57.0 Å². The molecule has 0 aliphatic carbocycles. The summed E-state index contributed by atoms with van der Waals surface area (Å²) in [6.07, 6.45) is 7.16. The van der Waals surface area contributed by atoms with E-state index in [2.05, 4.69) is 157 Å². The van der Waals surface area contributed by atoms with Gasteiger partial charge in [0.05, 0.1) is 14.6 Å². The van der Waals surface area contributed by atoms with E-state index in [0.29, 0.717) is 19.5 Å². The number of aryl methyl sites for hydroxylation is 2. The molecule has 2 rings (SSSR count). The molecular formula is C34H48Br2O2Si2. The van der Waals surface area contributed by atoms with Gasteiger partial charge in [0.15, 0.2) is 0 Å². The molecule has 0 aliphatic rings. The van der Waals surface area contributed by atoms with Crippen LogP contribution in [0.2, 0.25) is 10.1 Å². The lowest BCUT2D eigenvalue weighted by molar-refractivity contribution is 0.0829. The van der Waals surface area contributed by atoms with Crippen LogP contribution < -0.4 is 0 Å². The average molecular weight is 705 g/mol. The van der Waals surface area contributed by atoms with Crippen LogP contribution in [0.3, 0.4) is 0 Å². The molecule has 6 heteroatoms. The molecule has 0 saturated heterocycles. The summed E-state index contributed by atoms with van der Waals surface area (Å²) in [5, 5.41) is 0.241. The fourth-order valence-corrected chi connectivity index (χ4v) is 5.85. The minimum absolute atomic E-state index is 0.117. The molecule has 0 spiro atoms. The normalized spacial score (nSPS) is 13.5. The predicted octanol–water partition coefficient (Wildman–Crippen LogP) is 11.1. The van der Waals surface area contributed by atoms with Crippen molar-refractivity contribution < 1.29 is 8.85 Å². The minimum Gasteiger partial charge on any atom is -0.408 e. The van der Waals surface area contributed by atoms with Gasteiger partial charge in [-0.25, -0.2) is 0 Å². The van der Waals surface area contributed by atoms with Crippen molar-refractivity contribution in [1.82, 2.24) is 0 Å². The Morgan fingerprint density at radius 3 is 1.73 bits per heavy atom. The van der Waals surface area contributed by atoms with Gasteiger partial charge in [-0.2, -0.15) is 0 Å². The maximum Gasteiger partial charge on any atom is 0.236 e. The second-order valence-electron chi connectivity index (χ2n) is 13.5. The first-order valence-electron chi connectivity index (χ1n) is 14.2. The van der Waals surface area contributed by atoms with Crippen LogP contribution in [0.5, 0.6) is 0 Å². The lowest BCUT2D eigenvalue weighted by atomic mass is 9.84. The van der Waals surface area contributed by atoms with Crippen LogP contribution in [-0.2, 0) is 32.9 Å². The summed E-state index contributed by atoms with van der Waals surface area (Å²) >= 11 is 6.92. The highest BCUT2D eigenvalue weighted by atomic mass is 79.9. The van der Waals surface area contributed by atoms with Crippen LogP contribution in [0.4, 0.5) is 0 Å². The third kappa shape index (κ3) is 11.8. The third-order valence-electron chi connectivity index (χ3n) is 6.40. The number of hydrogen-bond acceptors (Lipinski definition) is 2. The lowest BCUT2D eigenvalue weighted by Crippen LogP contribution is -2.34. The van der Waals surface area contributed by atoms with Crippen molar-refractivity contribution in [3.63, 3.8) is 0 Å². The van der Waals surface area contributed by atoms with Crippen molar-refractivity contribution in [2.75, 3.05) is 0 Å². The monoisotopic (exact) mass is 702 g/mol. The van der Waals surface area contributed by atoms with E-state index in [-0.39, 0.29) is 10.1 Å². The van der Waals surface area contributed by atoms with E-state index >= 15 is 0 Å². The second kappa shape index (κ2) is 14.6. The molecule has 218 valence electrons. The molecule has 40 heavy (non-hydrogen) atoms. The maximum absolute atomic E-state index is 6.63. The van der Waals surface area contributed by atoms with Gasteiger partial charge in [-0.05, 0) is 128 Å². The summed E-state index contributed by atoms with van der Waals surface area (Å²) in [5.74, 6) is 0. The Morgan fingerprint density at radius 1 is 0.700 bits per heavy atom. The maximum atomic E-state index is 6.63. The molecule has 2 nitrogen and oxygen atoms in total. The molecule has 0 aliphatic heterocycles. The summed E-state index contributed by atoms with van der Waals surface area (Å²) in [6.45, 7) is 24.4. The molecule has 0 atom stereocenters. The molecule has 0 fully saturated rings. The number of rotatable bonds is 12. The van der Waals surface area contributed by atoms with E-state index in [1.807, 2.05) is 6.08 Å². The van der Waals surface area contributed by atoms with Gasteiger partial charge in [0.2, 0.25) is 19.5 Å². The Balaban J connectivity index is 2.40. The summed E-state index contributed by atoms with van der Waals surface area (Å²) in [4.78, 5) is 0. The van der Waals surface area contributed by atoms with E-state index in [4.69, 9.17) is 8.85 Å². The quantitative estimate of drug-likeness (QED) is 0.162. The van der Waals surface area contributed by atoms with Crippen LogP contribution in [-0.4, -0.2) is 19.5 Å². The van der Waals surface area contributed by atoms with Crippen LogP contribution in [0.25, 0.3) is 5.57 Å². The molecule has 0 heterocycles. The van der Waals surface area contributed by atoms with Crippen LogP contribution in [0.15, 0.2) is 58.0 Å². The molecule has 2 aromatic rings. The van der Waals surface area contributed by atoms with E-state index in [9.17, 15) is 0 Å². The first-order valence-corrected chi connectivity index (χ1v) is 17.6. The molecule has 0 aromatic heterocycles. The smallest absolute Gasteiger partial charge is 0.236 e. The Bertz CT molecular complexity index is 1180. The molecule has 4 radical (unpaired) electrons. The Hall–Kier alpha value is -0.766. The standard InChI is InChI=1S/C34H48Br2O2Si2/c1-12-26(19-21-30(35)36)27-15-13-14-24(22-27)16-17-25-18-20-28(33(8,9)37-39-31(2,3)4)29(23-25)34(10,11)38-40-32(5,6)7/h13-15,18-23H,12,16-17H2,1-11H3/b26-19+. The third-order valence-corrected chi connectivity index (χ3v) is 9.38. The Kier molecular flexibility index (Phi) is 12.9. The fourth-order valence-electron chi connectivity index (χ4n) is 4.24. The zero-order valence-corrected chi connectivity index (χ0v) is 31.6. The second-order valence-corrected chi connectivity index (χ2v) is 20.1. The van der Waals surface area contributed by atoms with Gasteiger partial charge in [0, 0.05) is 0 Å². The average Bonchev–Trinajstić information content (AvgIpc) is 2.85. The van der Waals surface area contributed by atoms with Crippen LogP contribution in [0.1, 0.15) is 110 Å². The fraction of sp³-hybridized carbons (Fsp3) is 0.529. The number of allylic oxidation sites excluding steroid dienone is 3. The van der Waals surface area contributed by atoms with Crippen molar-refractivity contribution in [2.24, 2.45) is 0 Å². The van der Waals surface area contributed by atoms with Crippen LogP contribution in [0, 0.1) is 0 Å². The van der Waals surface area contributed by atoms with Crippen LogP contribution >= 0.6 is 31.9 Å². The van der Waals surface area contributed by atoms with Gasteiger partial charge in [0.1, 0.15) is 0 Å². The van der Waals surface area contributed by atoms with E-state index in [0.717, 1.165) is 22.7 Å². The first kappa shape index (κ1) is 35.4. The van der Waals surface area contributed by atoms with Gasteiger partial charge in [0.25, 0.3) is 0 Å². The predicted molar refractivity (Wildman–Crippen MR) is 184 cm³/mol. The highest BCUT2D eigenvalue weighted by Gasteiger charge is 2.34. The van der Waals surface area contributed by atoms with Gasteiger partial charge in [-0.1, -0.05) is 97.0 Å². The van der Waals surface area contributed by atoms with Crippen molar-refractivity contribution in [3.05, 3.63) is 85.8 Å².